The Morgan fingerprint density at radius 1 is 1.05 bits per heavy atom. The molecule has 0 spiro atoms. The van der Waals surface area contributed by atoms with E-state index in [0.29, 0.717) is 21.4 Å². The molecule has 0 saturated heterocycles. The molecule has 0 amide bonds. The number of carboxylic acids is 1. The maximum atomic E-state index is 11.4. The number of carboxylic acid groups (broad SMARTS) is 1. The molecular weight excluding hydrogens is 274 g/mol. The summed E-state index contributed by atoms with van der Waals surface area (Å²) in [5.41, 5.74) is 2.57. The highest BCUT2D eigenvalue weighted by atomic mass is 32.2. The smallest absolute Gasteiger partial charge is 0.338 e. The van der Waals surface area contributed by atoms with Gasteiger partial charge in [0.15, 0.2) is 0 Å². The van der Waals surface area contributed by atoms with Crippen molar-refractivity contribution in [3.05, 3.63) is 40.5 Å². The van der Waals surface area contributed by atoms with Crippen molar-refractivity contribution in [3.8, 4) is 0 Å². The maximum Gasteiger partial charge on any atom is 0.338 e. The second-order valence-electron chi connectivity index (χ2n) is 4.56. The number of aromatic nitrogens is 3. The van der Waals surface area contributed by atoms with E-state index in [9.17, 15) is 9.90 Å². The molecule has 104 valence electrons. The molecule has 0 fully saturated rings. The molecule has 2 heterocycles. The van der Waals surface area contributed by atoms with Gasteiger partial charge in [0, 0.05) is 11.4 Å². The van der Waals surface area contributed by atoms with Crippen LogP contribution in [0.25, 0.3) is 0 Å². The number of carbonyl (C=O) groups is 1. The average molecular weight is 289 g/mol. The normalized spacial score (nSPS) is 10.6. The van der Waals surface area contributed by atoms with E-state index in [-0.39, 0.29) is 5.56 Å². The molecule has 0 saturated carbocycles. The highest BCUT2D eigenvalue weighted by Crippen LogP contribution is 2.30. The van der Waals surface area contributed by atoms with Gasteiger partial charge < -0.3 is 5.11 Å². The Hall–Kier alpha value is -1.95. The molecule has 0 aliphatic rings. The Bertz CT molecular complexity index is 666. The van der Waals surface area contributed by atoms with Crippen LogP contribution < -0.4 is 0 Å². The molecule has 5 nitrogen and oxygen atoms in total. The number of aromatic carboxylic acids is 1. The standard InChI is InChI=1S/C14H15N3O2S/c1-7-5-8(2)16-13(12(7)14(18)19)20-11-6-9(3)15-10(4)17-11/h5-6H,1-4H3,(H,18,19). The van der Waals surface area contributed by atoms with Gasteiger partial charge in [0.2, 0.25) is 0 Å². The van der Waals surface area contributed by atoms with Gasteiger partial charge in [0.05, 0.1) is 5.56 Å². The molecule has 1 N–H and O–H groups in total. The summed E-state index contributed by atoms with van der Waals surface area (Å²) < 4.78 is 0. The first kappa shape index (κ1) is 14.5. The van der Waals surface area contributed by atoms with Crippen LogP contribution in [0, 0.1) is 27.7 Å². The SMILES string of the molecule is Cc1cc(Sc2nc(C)cc(C)c2C(=O)O)nc(C)n1. The summed E-state index contributed by atoms with van der Waals surface area (Å²) in [5, 5.41) is 10.5. The molecule has 0 unspecified atom stereocenters. The topological polar surface area (TPSA) is 76.0 Å². The van der Waals surface area contributed by atoms with Gasteiger partial charge in [0.25, 0.3) is 0 Å². The molecule has 2 rings (SSSR count). The lowest BCUT2D eigenvalue weighted by molar-refractivity contribution is 0.0691. The highest BCUT2D eigenvalue weighted by molar-refractivity contribution is 7.99. The third-order valence-electron chi connectivity index (χ3n) is 2.67. The van der Waals surface area contributed by atoms with Crippen LogP contribution in [0.5, 0.6) is 0 Å². The first-order valence-electron chi connectivity index (χ1n) is 6.08. The van der Waals surface area contributed by atoms with E-state index in [4.69, 9.17) is 0 Å². The van der Waals surface area contributed by atoms with Gasteiger partial charge in [-0.2, -0.15) is 0 Å². The number of hydrogen-bond acceptors (Lipinski definition) is 5. The Morgan fingerprint density at radius 3 is 2.30 bits per heavy atom. The quantitative estimate of drug-likeness (QED) is 0.875. The summed E-state index contributed by atoms with van der Waals surface area (Å²) in [7, 11) is 0. The van der Waals surface area contributed by atoms with Gasteiger partial charge in [-0.05, 0) is 57.2 Å². The lowest BCUT2D eigenvalue weighted by Crippen LogP contribution is -2.05. The number of pyridine rings is 1. The molecule has 0 aliphatic heterocycles. The summed E-state index contributed by atoms with van der Waals surface area (Å²) >= 11 is 1.26. The van der Waals surface area contributed by atoms with Crippen molar-refractivity contribution in [2.24, 2.45) is 0 Å². The fraction of sp³-hybridized carbons (Fsp3) is 0.286. The summed E-state index contributed by atoms with van der Waals surface area (Å²) in [6, 6.07) is 3.59. The van der Waals surface area contributed by atoms with Gasteiger partial charge in [0.1, 0.15) is 15.9 Å². The minimum absolute atomic E-state index is 0.231. The van der Waals surface area contributed by atoms with Crippen molar-refractivity contribution in [2.75, 3.05) is 0 Å². The fourth-order valence-corrected chi connectivity index (χ4v) is 3.12. The van der Waals surface area contributed by atoms with E-state index >= 15 is 0 Å². The third-order valence-corrected chi connectivity index (χ3v) is 3.58. The Balaban J connectivity index is 2.49. The maximum absolute atomic E-state index is 11.4. The Kier molecular flexibility index (Phi) is 4.04. The zero-order valence-corrected chi connectivity index (χ0v) is 12.6. The van der Waals surface area contributed by atoms with Gasteiger partial charge in [-0.15, -0.1) is 0 Å². The molecule has 0 bridgehead atoms. The zero-order valence-electron chi connectivity index (χ0n) is 11.8. The summed E-state index contributed by atoms with van der Waals surface area (Å²) in [6.45, 7) is 7.31. The van der Waals surface area contributed by atoms with E-state index in [1.165, 1.54) is 11.8 Å². The van der Waals surface area contributed by atoms with Crippen LogP contribution in [0.3, 0.4) is 0 Å². The third kappa shape index (κ3) is 3.14. The summed E-state index contributed by atoms with van der Waals surface area (Å²) in [4.78, 5) is 24.2. The fourth-order valence-electron chi connectivity index (χ4n) is 1.97. The minimum atomic E-state index is -0.972. The predicted octanol–water partition coefficient (Wildman–Crippen LogP) is 2.95. The highest BCUT2D eigenvalue weighted by Gasteiger charge is 2.17. The second-order valence-corrected chi connectivity index (χ2v) is 5.57. The molecular formula is C14H15N3O2S. The minimum Gasteiger partial charge on any atom is -0.478 e. The summed E-state index contributed by atoms with van der Waals surface area (Å²) in [5.74, 6) is -0.311. The molecule has 6 heteroatoms. The van der Waals surface area contributed by atoms with E-state index in [1.807, 2.05) is 26.8 Å². The van der Waals surface area contributed by atoms with Crippen LogP contribution in [0.15, 0.2) is 22.2 Å². The average Bonchev–Trinajstić information content (AvgIpc) is 2.25. The van der Waals surface area contributed by atoms with Crippen LogP contribution in [-0.4, -0.2) is 26.0 Å². The Labute approximate surface area is 121 Å². The van der Waals surface area contributed by atoms with Crippen LogP contribution in [0.1, 0.15) is 33.1 Å². The predicted molar refractivity (Wildman–Crippen MR) is 76.3 cm³/mol. The first-order valence-corrected chi connectivity index (χ1v) is 6.90. The van der Waals surface area contributed by atoms with Crippen molar-refractivity contribution < 1.29 is 9.90 Å². The molecule has 2 aromatic heterocycles. The molecule has 0 radical (unpaired) electrons. The van der Waals surface area contributed by atoms with Crippen LogP contribution in [0.2, 0.25) is 0 Å². The lowest BCUT2D eigenvalue weighted by atomic mass is 10.1. The van der Waals surface area contributed by atoms with Crippen molar-refractivity contribution in [2.45, 2.75) is 37.7 Å². The molecule has 0 aliphatic carbocycles. The van der Waals surface area contributed by atoms with Crippen LogP contribution in [-0.2, 0) is 0 Å². The van der Waals surface area contributed by atoms with Crippen molar-refractivity contribution in [1.82, 2.24) is 15.0 Å². The zero-order chi connectivity index (χ0) is 14.9. The number of nitrogens with zero attached hydrogens (tertiary/aromatic N) is 3. The summed E-state index contributed by atoms with van der Waals surface area (Å²) in [6.07, 6.45) is 0. The molecule has 0 aromatic carbocycles. The van der Waals surface area contributed by atoms with Crippen molar-refractivity contribution >= 4 is 17.7 Å². The Morgan fingerprint density at radius 2 is 1.70 bits per heavy atom. The van der Waals surface area contributed by atoms with E-state index < -0.39 is 5.97 Å². The van der Waals surface area contributed by atoms with Crippen molar-refractivity contribution in [1.29, 1.82) is 0 Å². The number of hydrogen-bond donors (Lipinski definition) is 1. The molecule has 0 atom stereocenters. The largest absolute Gasteiger partial charge is 0.478 e. The van der Waals surface area contributed by atoms with E-state index in [0.717, 1.165) is 11.4 Å². The monoisotopic (exact) mass is 289 g/mol. The van der Waals surface area contributed by atoms with Gasteiger partial charge in [-0.3, -0.25) is 0 Å². The van der Waals surface area contributed by atoms with Crippen LogP contribution >= 0.6 is 11.8 Å². The van der Waals surface area contributed by atoms with Gasteiger partial charge >= 0.3 is 5.97 Å². The van der Waals surface area contributed by atoms with E-state index in [1.54, 1.807) is 13.0 Å². The molecule has 2 aromatic rings. The molecule has 20 heavy (non-hydrogen) atoms. The van der Waals surface area contributed by atoms with E-state index in [2.05, 4.69) is 15.0 Å². The number of rotatable bonds is 3. The second kappa shape index (κ2) is 5.58. The number of aryl methyl sites for hydroxylation is 4. The lowest BCUT2D eigenvalue weighted by Gasteiger charge is -2.09. The first-order chi connectivity index (χ1) is 9.36. The van der Waals surface area contributed by atoms with Crippen LogP contribution in [0.4, 0.5) is 0 Å². The van der Waals surface area contributed by atoms with Crippen molar-refractivity contribution in [3.63, 3.8) is 0 Å². The van der Waals surface area contributed by atoms with Gasteiger partial charge in [-0.1, -0.05) is 0 Å². The van der Waals surface area contributed by atoms with Gasteiger partial charge in [-0.25, -0.2) is 19.7 Å².